The van der Waals surface area contributed by atoms with Gasteiger partial charge in [0.2, 0.25) is 10.0 Å². The largest absolute Gasteiger partial charge is 0.379 e. The lowest BCUT2D eigenvalue weighted by Crippen LogP contribution is -2.41. The standard InChI is InChI=1S/C13H21N3O4S2.ClH/c1-2-14-4-5-15-13(17)12-11(3-10-21-12)22(18,19)16-6-8-20-9-7-16;/h3,10,14H,2,4-9H2,1H3,(H,15,17);1H. The van der Waals surface area contributed by atoms with E-state index in [2.05, 4.69) is 10.6 Å². The number of rotatable bonds is 7. The van der Waals surface area contributed by atoms with Gasteiger partial charge in [-0.2, -0.15) is 4.31 Å². The van der Waals surface area contributed by atoms with Crippen LogP contribution in [0.3, 0.4) is 0 Å². The zero-order valence-corrected chi connectivity index (χ0v) is 15.4. The number of thiophene rings is 1. The topological polar surface area (TPSA) is 87.7 Å². The summed E-state index contributed by atoms with van der Waals surface area (Å²) < 4.78 is 31.8. The van der Waals surface area contributed by atoms with Crippen LogP contribution in [0.15, 0.2) is 16.3 Å². The van der Waals surface area contributed by atoms with E-state index in [0.717, 1.165) is 17.9 Å². The van der Waals surface area contributed by atoms with Crippen LogP contribution in [-0.2, 0) is 14.8 Å². The first-order valence-corrected chi connectivity index (χ1v) is 9.53. The van der Waals surface area contributed by atoms with E-state index in [1.165, 1.54) is 10.4 Å². The summed E-state index contributed by atoms with van der Waals surface area (Å²) in [4.78, 5) is 12.5. The van der Waals surface area contributed by atoms with Crippen LogP contribution in [0.5, 0.6) is 0 Å². The van der Waals surface area contributed by atoms with E-state index in [4.69, 9.17) is 4.74 Å². The van der Waals surface area contributed by atoms with E-state index in [0.29, 0.717) is 39.4 Å². The zero-order chi connectivity index (χ0) is 16.0. The maximum Gasteiger partial charge on any atom is 0.262 e. The number of carbonyl (C=O) groups is 1. The fraction of sp³-hybridized carbons (Fsp3) is 0.615. The fourth-order valence-corrected chi connectivity index (χ4v) is 4.84. The van der Waals surface area contributed by atoms with Crippen molar-refractivity contribution in [3.05, 3.63) is 16.3 Å². The molecule has 23 heavy (non-hydrogen) atoms. The number of ether oxygens (including phenoxy) is 1. The zero-order valence-electron chi connectivity index (χ0n) is 12.9. The molecule has 7 nitrogen and oxygen atoms in total. The minimum absolute atomic E-state index is 0. The van der Waals surface area contributed by atoms with Crippen LogP contribution in [0, 0.1) is 0 Å². The third kappa shape index (κ3) is 5.13. The van der Waals surface area contributed by atoms with Crippen molar-refractivity contribution >= 4 is 39.7 Å². The number of likely N-dealkylation sites (N-methyl/N-ethyl adjacent to an activating group) is 1. The Hall–Kier alpha value is -0.710. The Morgan fingerprint density at radius 2 is 2.04 bits per heavy atom. The first-order valence-electron chi connectivity index (χ1n) is 7.21. The summed E-state index contributed by atoms with van der Waals surface area (Å²) in [6, 6.07) is 1.49. The highest BCUT2D eigenvalue weighted by molar-refractivity contribution is 7.89. The van der Waals surface area contributed by atoms with Gasteiger partial charge in [-0.25, -0.2) is 8.42 Å². The van der Waals surface area contributed by atoms with Gasteiger partial charge >= 0.3 is 0 Å². The monoisotopic (exact) mass is 383 g/mol. The van der Waals surface area contributed by atoms with Gasteiger partial charge in [-0.1, -0.05) is 6.92 Å². The lowest BCUT2D eigenvalue weighted by molar-refractivity contribution is 0.0730. The summed E-state index contributed by atoms with van der Waals surface area (Å²) >= 11 is 1.14. The fourth-order valence-electron chi connectivity index (χ4n) is 2.11. The van der Waals surface area contributed by atoms with Gasteiger partial charge in [0.05, 0.1) is 13.2 Å². The van der Waals surface area contributed by atoms with E-state index < -0.39 is 10.0 Å². The maximum absolute atomic E-state index is 12.6. The minimum atomic E-state index is -3.64. The molecular formula is C13H22ClN3O4S2. The van der Waals surface area contributed by atoms with Crippen molar-refractivity contribution in [2.45, 2.75) is 11.8 Å². The summed E-state index contributed by atoms with van der Waals surface area (Å²) in [6.45, 7) is 5.32. The molecule has 0 unspecified atom stereocenters. The molecule has 10 heteroatoms. The minimum Gasteiger partial charge on any atom is -0.379 e. The number of nitrogens with one attached hydrogen (secondary N) is 2. The van der Waals surface area contributed by atoms with Crippen LogP contribution < -0.4 is 10.6 Å². The first kappa shape index (κ1) is 20.3. The van der Waals surface area contributed by atoms with Crippen LogP contribution in [0.4, 0.5) is 0 Å². The highest BCUT2D eigenvalue weighted by Gasteiger charge is 2.31. The third-order valence-corrected chi connectivity index (χ3v) is 6.24. The smallest absolute Gasteiger partial charge is 0.262 e. The highest BCUT2D eigenvalue weighted by atomic mass is 35.5. The van der Waals surface area contributed by atoms with E-state index in [-0.39, 0.29) is 28.1 Å². The second kappa shape index (κ2) is 9.55. The van der Waals surface area contributed by atoms with Crippen LogP contribution in [0.1, 0.15) is 16.6 Å². The number of sulfonamides is 1. The molecule has 0 saturated carbocycles. The number of carbonyl (C=O) groups excluding carboxylic acids is 1. The summed E-state index contributed by atoms with van der Waals surface area (Å²) in [5, 5.41) is 7.46. The molecule has 1 aromatic rings. The number of halogens is 1. The molecule has 1 aromatic heterocycles. The molecule has 0 aliphatic carbocycles. The summed E-state index contributed by atoms with van der Waals surface area (Å²) in [6.07, 6.45) is 0. The van der Waals surface area contributed by atoms with E-state index >= 15 is 0 Å². The van der Waals surface area contributed by atoms with Gasteiger partial charge in [0.1, 0.15) is 9.77 Å². The average Bonchev–Trinajstić information content (AvgIpc) is 3.03. The molecule has 0 radical (unpaired) electrons. The molecule has 0 atom stereocenters. The molecule has 0 aromatic carbocycles. The van der Waals surface area contributed by atoms with Gasteiger partial charge in [-0.3, -0.25) is 4.79 Å². The molecule has 132 valence electrons. The molecule has 1 fully saturated rings. The van der Waals surface area contributed by atoms with Gasteiger partial charge < -0.3 is 15.4 Å². The van der Waals surface area contributed by atoms with Gasteiger partial charge in [0.15, 0.2) is 0 Å². The summed E-state index contributed by atoms with van der Waals surface area (Å²) in [5.41, 5.74) is 0. The Labute approximate surface area is 146 Å². The molecule has 0 spiro atoms. The normalized spacial score (nSPS) is 15.9. The number of hydrogen-bond acceptors (Lipinski definition) is 6. The van der Waals surface area contributed by atoms with Crippen molar-refractivity contribution in [3.63, 3.8) is 0 Å². The van der Waals surface area contributed by atoms with Crippen molar-refractivity contribution in [1.82, 2.24) is 14.9 Å². The lowest BCUT2D eigenvalue weighted by Gasteiger charge is -2.26. The number of nitrogens with zero attached hydrogens (tertiary/aromatic N) is 1. The molecule has 0 bridgehead atoms. The Morgan fingerprint density at radius 1 is 1.35 bits per heavy atom. The van der Waals surface area contributed by atoms with Crippen LogP contribution in [-0.4, -0.2) is 64.6 Å². The summed E-state index contributed by atoms with van der Waals surface area (Å²) in [5.74, 6) is -0.347. The van der Waals surface area contributed by atoms with E-state index in [1.807, 2.05) is 6.92 Å². The Balaban J connectivity index is 0.00000264. The molecule has 1 aliphatic heterocycles. The molecule has 1 amide bonds. The lowest BCUT2D eigenvalue weighted by atomic mass is 10.4. The SMILES string of the molecule is CCNCCNC(=O)c1sccc1S(=O)(=O)N1CCOCC1.Cl. The van der Waals surface area contributed by atoms with Gasteiger partial charge in [-0.15, -0.1) is 23.7 Å². The molecule has 2 heterocycles. The second-order valence-electron chi connectivity index (χ2n) is 4.74. The molecule has 2 rings (SSSR count). The number of hydrogen-bond donors (Lipinski definition) is 2. The Bertz CT molecular complexity index is 600. The van der Waals surface area contributed by atoms with Crippen molar-refractivity contribution in [3.8, 4) is 0 Å². The van der Waals surface area contributed by atoms with E-state index in [1.54, 1.807) is 5.38 Å². The van der Waals surface area contributed by atoms with Crippen LogP contribution in [0.2, 0.25) is 0 Å². The number of amides is 1. The van der Waals surface area contributed by atoms with Gasteiger partial charge in [-0.05, 0) is 18.0 Å². The van der Waals surface area contributed by atoms with Gasteiger partial charge in [0.25, 0.3) is 5.91 Å². The quantitative estimate of drug-likeness (QED) is 0.670. The van der Waals surface area contributed by atoms with Crippen LogP contribution >= 0.6 is 23.7 Å². The van der Waals surface area contributed by atoms with Gasteiger partial charge in [0, 0.05) is 26.2 Å². The van der Waals surface area contributed by atoms with Crippen molar-refractivity contribution in [2.24, 2.45) is 0 Å². The average molecular weight is 384 g/mol. The molecule has 1 saturated heterocycles. The Morgan fingerprint density at radius 3 is 2.70 bits per heavy atom. The predicted molar refractivity (Wildman–Crippen MR) is 92.0 cm³/mol. The highest BCUT2D eigenvalue weighted by Crippen LogP contribution is 2.25. The van der Waals surface area contributed by atoms with E-state index in [9.17, 15) is 13.2 Å². The predicted octanol–water partition coefficient (Wildman–Crippen LogP) is 0.530. The third-order valence-electron chi connectivity index (χ3n) is 3.26. The molecule has 1 aliphatic rings. The number of morpholine rings is 1. The molecule has 2 N–H and O–H groups in total. The van der Waals surface area contributed by atoms with Crippen molar-refractivity contribution in [1.29, 1.82) is 0 Å². The Kier molecular flexibility index (Phi) is 8.45. The maximum atomic E-state index is 12.6. The van der Waals surface area contributed by atoms with Crippen molar-refractivity contribution < 1.29 is 17.9 Å². The summed E-state index contributed by atoms with van der Waals surface area (Å²) in [7, 11) is -3.64. The van der Waals surface area contributed by atoms with Crippen molar-refractivity contribution in [2.75, 3.05) is 45.9 Å². The second-order valence-corrected chi connectivity index (χ2v) is 7.56. The first-order chi connectivity index (χ1) is 10.6. The van der Waals surface area contributed by atoms with Crippen LogP contribution in [0.25, 0.3) is 0 Å². The molecular weight excluding hydrogens is 362 g/mol.